The Morgan fingerprint density at radius 3 is 2.92 bits per heavy atom. The van der Waals surface area contributed by atoms with Crippen molar-refractivity contribution in [3.8, 4) is 0 Å². The van der Waals surface area contributed by atoms with Crippen LogP contribution in [0.3, 0.4) is 0 Å². The van der Waals surface area contributed by atoms with E-state index in [0.717, 1.165) is 31.6 Å². The molecule has 1 amide bonds. The lowest BCUT2D eigenvalue weighted by Crippen LogP contribution is -2.31. The number of ether oxygens (including phenoxy) is 1. The predicted octanol–water partition coefficient (Wildman–Crippen LogP) is 3.54. The van der Waals surface area contributed by atoms with Gasteiger partial charge in [-0.3, -0.25) is 9.48 Å². The smallest absolute Gasteiger partial charge is 0.274 e. The molecule has 0 saturated carbocycles. The van der Waals surface area contributed by atoms with Gasteiger partial charge in [0.15, 0.2) is 5.69 Å². The monoisotopic (exact) mass is 347 g/mol. The van der Waals surface area contributed by atoms with E-state index < -0.39 is 0 Å². The molecule has 0 spiro atoms. The topological polar surface area (TPSA) is 47.4 Å². The number of carbonyl (C=O) groups excluding carboxylic acids is 1. The zero-order chi connectivity index (χ0) is 17.5. The van der Waals surface area contributed by atoms with Crippen LogP contribution in [-0.4, -0.2) is 33.7 Å². The van der Waals surface area contributed by atoms with E-state index in [9.17, 15) is 4.79 Å². The van der Waals surface area contributed by atoms with Gasteiger partial charge >= 0.3 is 0 Å². The Morgan fingerprint density at radius 2 is 2.00 bits per heavy atom. The predicted molar refractivity (Wildman–Crippen MR) is 98.8 cm³/mol. The van der Waals surface area contributed by atoms with Crippen molar-refractivity contribution in [1.82, 2.24) is 14.7 Å². The Bertz CT molecular complexity index is 950. The highest BCUT2D eigenvalue weighted by atomic mass is 16.5. The first kappa shape index (κ1) is 15.6. The quantitative estimate of drug-likeness (QED) is 0.712. The number of aromatic nitrogens is 2. The van der Waals surface area contributed by atoms with E-state index in [-0.39, 0.29) is 11.9 Å². The molecule has 0 N–H and O–H groups in total. The van der Waals surface area contributed by atoms with E-state index in [0.29, 0.717) is 18.9 Å². The van der Waals surface area contributed by atoms with Crippen molar-refractivity contribution >= 4 is 16.7 Å². The van der Waals surface area contributed by atoms with Crippen molar-refractivity contribution in [2.45, 2.75) is 32.0 Å². The van der Waals surface area contributed by atoms with Gasteiger partial charge in [0, 0.05) is 6.54 Å². The van der Waals surface area contributed by atoms with Crippen molar-refractivity contribution in [3.63, 3.8) is 0 Å². The van der Waals surface area contributed by atoms with Crippen LogP contribution in [0.1, 0.15) is 40.6 Å². The van der Waals surface area contributed by atoms with Gasteiger partial charge in [-0.1, -0.05) is 42.5 Å². The van der Waals surface area contributed by atoms with Crippen LogP contribution in [0, 0.1) is 0 Å². The average molecular weight is 347 g/mol. The largest absolute Gasteiger partial charge is 0.373 e. The molecule has 0 aliphatic carbocycles. The summed E-state index contributed by atoms with van der Waals surface area (Å²) in [5.74, 6) is 0.0299. The van der Waals surface area contributed by atoms with Crippen LogP contribution < -0.4 is 0 Å². The number of likely N-dealkylation sites (tertiary alicyclic amines) is 1. The minimum Gasteiger partial charge on any atom is -0.373 e. The third-order valence-corrected chi connectivity index (χ3v) is 5.48. The first-order valence-electron chi connectivity index (χ1n) is 9.24. The molecule has 1 atom stereocenters. The molecule has 0 bridgehead atoms. The summed E-state index contributed by atoms with van der Waals surface area (Å²) in [5, 5.41) is 6.99. The number of carbonyl (C=O) groups is 1. The summed E-state index contributed by atoms with van der Waals surface area (Å²) < 4.78 is 7.37. The van der Waals surface area contributed by atoms with Gasteiger partial charge in [-0.15, -0.1) is 0 Å². The summed E-state index contributed by atoms with van der Waals surface area (Å²) in [6, 6.07) is 16.8. The van der Waals surface area contributed by atoms with Crippen molar-refractivity contribution < 1.29 is 9.53 Å². The zero-order valence-electron chi connectivity index (χ0n) is 14.6. The van der Waals surface area contributed by atoms with Gasteiger partial charge in [0.2, 0.25) is 0 Å². The van der Waals surface area contributed by atoms with E-state index in [1.165, 1.54) is 16.3 Å². The summed E-state index contributed by atoms with van der Waals surface area (Å²) in [4.78, 5) is 15.2. The summed E-state index contributed by atoms with van der Waals surface area (Å²) in [6.07, 6.45) is 2.02. The van der Waals surface area contributed by atoms with Gasteiger partial charge in [-0.05, 0) is 35.2 Å². The molecule has 2 aromatic carbocycles. The van der Waals surface area contributed by atoms with Crippen LogP contribution in [0.25, 0.3) is 10.8 Å². The van der Waals surface area contributed by atoms with Crippen molar-refractivity contribution in [1.29, 1.82) is 0 Å². The lowest BCUT2D eigenvalue weighted by molar-refractivity contribution is 0.0723. The van der Waals surface area contributed by atoms with Crippen LogP contribution in [0.15, 0.2) is 48.5 Å². The molecule has 5 rings (SSSR count). The fraction of sp³-hybridized carbons (Fsp3) is 0.333. The minimum absolute atomic E-state index is 0.0299. The fourth-order valence-electron chi connectivity index (χ4n) is 4.22. The number of nitrogens with zero attached hydrogens (tertiary/aromatic N) is 3. The van der Waals surface area contributed by atoms with Gasteiger partial charge in [0.05, 0.1) is 31.5 Å². The maximum absolute atomic E-state index is 13.2. The van der Waals surface area contributed by atoms with Gasteiger partial charge in [0.1, 0.15) is 0 Å². The highest BCUT2D eigenvalue weighted by Crippen LogP contribution is 2.36. The molecular weight excluding hydrogens is 326 g/mol. The second kappa shape index (κ2) is 6.25. The molecule has 0 radical (unpaired) electrons. The summed E-state index contributed by atoms with van der Waals surface area (Å²) in [5.41, 5.74) is 2.76. The minimum atomic E-state index is 0.0299. The van der Waals surface area contributed by atoms with Crippen molar-refractivity contribution in [2.24, 2.45) is 0 Å². The van der Waals surface area contributed by atoms with E-state index in [1.807, 2.05) is 15.6 Å². The number of rotatable bonds is 2. The molecule has 2 aliphatic heterocycles. The molecular formula is C21H21N3O2. The van der Waals surface area contributed by atoms with Crippen LogP contribution in [0.5, 0.6) is 0 Å². The normalized spacial score (nSPS) is 19.7. The highest BCUT2D eigenvalue weighted by molar-refractivity contribution is 5.94. The molecule has 1 unspecified atom stereocenters. The van der Waals surface area contributed by atoms with E-state index in [4.69, 9.17) is 4.74 Å². The van der Waals surface area contributed by atoms with Gasteiger partial charge in [-0.25, -0.2) is 0 Å². The van der Waals surface area contributed by atoms with Gasteiger partial charge < -0.3 is 9.64 Å². The van der Waals surface area contributed by atoms with Gasteiger partial charge in [0.25, 0.3) is 5.91 Å². The average Bonchev–Trinajstić information content (AvgIpc) is 3.34. The molecule has 3 aromatic rings. The fourth-order valence-corrected chi connectivity index (χ4v) is 4.22. The second-order valence-corrected chi connectivity index (χ2v) is 7.02. The maximum Gasteiger partial charge on any atom is 0.274 e. The number of hydrogen-bond acceptors (Lipinski definition) is 3. The third-order valence-electron chi connectivity index (χ3n) is 5.48. The highest BCUT2D eigenvalue weighted by Gasteiger charge is 2.33. The standard InChI is InChI=1S/C21H21N3O2/c25-21(19-13-16-14-26-12-11-24(16)22-19)23-10-4-9-20(23)18-8-3-6-15-5-1-2-7-17(15)18/h1-3,5-8,13,20H,4,9-12,14H2. The first-order valence-corrected chi connectivity index (χ1v) is 9.24. The molecule has 2 aliphatic rings. The summed E-state index contributed by atoms with van der Waals surface area (Å²) >= 11 is 0. The van der Waals surface area contributed by atoms with Crippen LogP contribution in [0.2, 0.25) is 0 Å². The third kappa shape index (κ3) is 2.51. The SMILES string of the molecule is O=C(c1cc2n(n1)CCOC2)N1CCCC1c1cccc2ccccc12. The van der Waals surface area contributed by atoms with Crippen LogP contribution in [0.4, 0.5) is 0 Å². The Hall–Kier alpha value is -2.66. The molecule has 1 fully saturated rings. The van der Waals surface area contributed by atoms with Crippen LogP contribution >= 0.6 is 0 Å². The zero-order valence-corrected chi connectivity index (χ0v) is 14.6. The first-order chi connectivity index (χ1) is 12.8. The number of fused-ring (bicyclic) bond motifs is 2. The molecule has 1 aromatic heterocycles. The Morgan fingerprint density at radius 1 is 1.12 bits per heavy atom. The van der Waals surface area contributed by atoms with E-state index in [1.54, 1.807) is 0 Å². The van der Waals surface area contributed by atoms with Gasteiger partial charge in [-0.2, -0.15) is 5.10 Å². The number of hydrogen-bond donors (Lipinski definition) is 0. The molecule has 132 valence electrons. The lowest BCUT2D eigenvalue weighted by atomic mass is 9.97. The molecule has 1 saturated heterocycles. The van der Waals surface area contributed by atoms with Crippen molar-refractivity contribution in [2.75, 3.05) is 13.2 Å². The molecule has 5 nitrogen and oxygen atoms in total. The Kier molecular flexibility index (Phi) is 3.75. The summed E-state index contributed by atoms with van der Waals surface area (Å²) in [6.45, 7) is 2.69. The molecule has 5 heteroatoms. The van der Waals surface area contributed by atoms with Crippen LogP contribution in [-0.2, 0) is 17.9 Å². The number of amides is 1. The lowest BCUT2D eigenvalue weighted by Gasteiger charge is -2.25. The Balaban J connectivity index is 1.50. The van der Waals surface area contributed by atoms with Crippen molar-refractivity contribution in [3.05, 3.63) is 65.5 Å². The molecule has 26 heavy (non-hydrogen) atoms. The maximum atomic E-state index is 13.2. The van der Waals surface area contributed by atoms with E-state index >= 15 is 0 Å². The van der Waals surface area contributed by atoms with E-state index in [2.05, 4.69) is 47.6 Å². The molecule has 3 heterocycles. The Labute approximate surface area is 152 Å². The summed E-state index contributed by atoms with van der Waals surface area (Å²) in [7, 11) is 0. The second-order valence-electron chi connectivity index (χ2n) is 7.02. The number of benzene rings is 2.